The van der Waals surface area contributed by atoms with E-state index >= 15 is 0 Å². The van der Waals surface area contributed by atoms with Crippen LogP contribution in [0.25, 0.3) is 0 Å². The first-order valence-electron chi connectivity index (χ1n) is 12.8. The number of carboxylic acid groups (broad SMARTS) is 2. The zero-order chi connectivity index (χ0) is 29.8. The van der Waals surface area contributed by atoms with Gasteiger partial charge < -0.3 is 37.0 Å². The van der Waals surface area contributed by atoms with Crippen molar-refractivity contribution in [1.82, 2.24) is 16.0 Å². The van der Waals surface area contributed by atoms with Gasteiger partial charge in [0.1, 0.15) is 23.9 Å². The summed E-state index contributed by atoms with van der Waals surface area (Å²) in [6.07, 6.45) is -0.331. The lowest BCUT2D eigenvalue weighted by Gasteiger charge is -2.26. The number of aliphatic carboxylic acids is 2. The van der Waals surface area contributed by atoms with Crippen LogP contribution < -0.4 is 21.7 Å². The standard InChI is InChI=1S/C28H36N4O8/c1-3-16(2)24(29)27(38)31-20(13-17-7-5-4-6-8-17)25(36)30-21(15-23(34)35)26(37)32-22(28(39)40)14-18-9-11-19(33)12-10-18/h4-12,16,20-22,24,33H,3,13-15,29H2,1-2H3,(H,30,36)(H,31,38)(H,32,37)(H,34,35)(H,39,40). The molecule has 0 radical (unpaired) electrons. The summed E-state index contributed by atoms with van der Waals surface area (Å²) in [5.74, 6) is -5.42. The molecule has 216 valence electrons. The Hall–Kier alpha value is -4.45. The number of hydrogen-bond acceptors (Lipinski definition) is 7. The highest BCUT2D eigenvalue weighted by Gasteiger charge is 2.32. The monoisotopic (exact) mass is 556 g/mol. The lowest BCUT2D eigenvalue weighted by Crippen LogP contribution is -2.58. The van der Waals surface area contributed by atoms with Crippen molar-refractivity contribution in [3.8, 4) is 5.75 Å². The fourth-order valence-corrected chi connectivity index (χ4v) is 3.84. The van der Waals surface area contributed by atoms with Gasteiger partial charge in [-0.25, -0.2) is 4.79 Å². The minimum atomic E-state index is -1.63. The second-order valence-electron chi connectivity index (χ2n) is 9.59. The molecule has 0 heterocycles. The minimum absolute atomic E-state index is 0.0221. The van der Waals surface area contributed by atoms with Gasteiger partial charge in [0, 0.05) is 12.8 Å². The van der Waals surface area contributed by atoms with Crippen LogP contribution in [0.15, 0.2) is 54.6 Å². The summed E-state index contributed by atoms with van der Waals surface area (Å²) in [5, 5.41) is 35.7. The topological polar surface area (TPSA) is 208 Å². The van der Waals surface area contributed by atoms with Crippen molar-refractivity contribution in [2.24, 2.45) is 11.7 Å². The van der Waals surface area contributed by atoms with E-state index < -0.39 is 60.2 Å². The van der Waals surface area contributed by atoms with Gasteiger partial charge in [0.05, 0.1) is 12.5 Å². The molecule has 0 saturated carbocycles. The number of aromatic hydroxyl groups is 1. The second kappa shape index (κ2) is 15.2. The number of nitrogens with two attached hydrogens (primary N) is 1. The molecule has 40 heavy (non-hydrogen) atoms. The SMILES string of the molecule is CCC(C)C(N)C(=O)NC(Cc1ccccc1)C(=O)NC(CC(=O)O)C(=O)NC(Cc1ccc(O)cc1)C(=O)O. The molecule has 5 unspecified atom stereocenters. The molecule has 12 heteroatoms. The molecule has 0 spiro atoms. The summed E-state index contributed by atoms with van der Waals surface area (Å²) in [4.78, 5) is 62.4. The molecule has 2 aromatic rings. The molecular weight excluding hydrogens is 520 g/mol. The maximum absolute atomic E-state index is 13.3. The van der Waals surface area contributed by atoms with Crippen LogP contribution in [0, 0.1) is 5.92 Å². The van der Waals surface area contributed by atoms with Gasteiger partial charge in [-0.2, -0.15) is 0 Å². The maximum atomic E-state index is 13.3. The Bertz CT molecular complexity index is 1170. The molecule has 2 aromatic carbocycles. The third-order valence-corrected chi connectivity index (χ3v) is 6.48. The molecule has 0 aliphatic rings. The van der Waals surface area contributed by atoms with E-state index in [1.165, 1.54) is 24.3 Å². The van der Waals surface area contributed by atoms with Crippen molar-refractivity contribution < 1.29 is 39.3 Å². The van der Waals surface area contributed by atoms with Gasteiger partial charge in [-0.3, -0.25) is 19.2 Å². The molecule has 2 rings (SSSR count). The Balaban J connectivity index is 2.23. The van der Waals surface area contributed by atoms with Crippen molar-refractivity contribution in [2.75, 3.05) is 0 Å². The Morgan fingerprint density at radius 3 is 1.80 bits per heavy atom. The first kappa shape index (κ1) is 31.8. The molecule has 0 aliphatic heterocycles. The van der Waals surface area contributed by atoms with Gasteiger partial charge in [0.25, 0.3) is 0 Å². The quantitative estimate of drug-likeness (QED) is 0.163. The van der Waals surface area contributed by atoms with E-state index in [1.54, 1.807) is 37.3 Å². The molecule has 0 aromatic heterocycles. The fraction of sp³-hybridized carbons (Fsp3) is 0.393. The van der Waals surface area contributed by atoms with Crippen LogP contribution in [0.2, 0.25) is 0 Å². The number of phenolic OH excluding ortho intramolecular Hbond substituents is 1. The van der Waals surface area contributed by atoms with E-state index in [1.807, 2.05) is 6.92 Å². The van der Waals surface area contributed by atoms with Gasteiger partial charge in [-0.05, 0) is 29.2 Å². The molecule has 8 N–H and O–H groups in total. The van der Waals surface area contributed by atoms with Crippen LogP contribution in [0.1, 0.15) is 37.8 Å². The number of hydrogen-bond donors (Lipinski definition) is 7. The van der Waals surface area contributed by atoms with Gasteiger partial charge in [0.15, 0.2) is 0 Å². The predicted octanol–water partition coefficient (Wildman–Crippen LogP) is 0.565. The lowest BCUT2D eigenvalue weighted by atomic mass is 9.98. The van der Waals surface area contributed by atoms with Gasteiger partial charge in [0.2, 0.25) is 17.7 Å². The van der Waals surface area contributed by atoms with Crippen molar-refractivity contribution >= 4 is 29.7 Å². The van der Waals surface area contributed by atoms with Gasteiger partial charge >= 0.3 is 11.9 Å². The third-order valence-electron chi connectivity index (χ3n) is 6.48. The van der Waals surface area contributed by atoms with E-state index in [2.05, 4.69) is 16.0 Å². The fourth-order valence-electron chi connectivity index (χ4n) is 3.84. The molecule has 0 bridgehead atoms. The highest BCUT2D eigenvalue weighted by Crippen LogP contribution is 2.12. The smallest absolute Gasteiger partial charge is 0.326 e. The summed E-state index contributed by atoms with van der Waals surface area (Å²) in [7, 11) is 0. The van der Waals surface area contributed by atoms with Crippen molar-refractivity contribution in [2.45, 2.75) is 63.7 Å². The van der Waals surface area contributed by atoms with Crippen LogP contribution in [-0.2, 0) is 36.8 Å². The van der Waals surface area contributed by atoms with E-state index in [9.17, 15) is 39.3 Å². The zero-order valence-corrected chi connectivity index (χ0v) is 22.4. The summed E-state index contributed by atoms with van der Waals surface area (Å²) < 4.78 is 0. The Morgan fingerprint density at radius 1 is 0.750 bits per heavy atom. The van der Waals surface area contributed by atoms with E-state index in [-0.39, 0.29) is 24.5 Å². The number of rotatable bonds is 15. The molecule has 0 saturated heterocycles. The summed E-state index contributed by atoms with van der Waals surface area (Å²) >= 11 is 0. The molecule has 12 nitrogen and oxygen atoms in total. The minimum Gasteiger partial charge on any atom is -0.508 e. The second-order valence-corrected chi connectivity index (χ2v) is 9.59. The van der Waals surface area contributed by atoms with Crippen molar-refractivity contribution in [1.29, 1.82) is 0 Å². The third kappa shape index (κ3) is 10.0. The van der Waals surface area contributed by atoms with E-state index in [4.69, 9.17) is 5.73 Å². The first-order valence-corrected chi connectivity index (χ1v) is 12.8. The zero-order valence-electron chi connectivity index (χ0n) is 22.4. The van der Waals surface area contributed by atoms with Crippen LogP contribution in [-0.4, -0.2) is 69.1 Å². The highest BCUT2D eigenvalue weighted by molar-refractivity contribution is 5.95. The largest absolute Gasteiger partial charge is 0.508 e. The van der Waals surface area contributed by atoms with Crippen molar-refractivity contribution in [3.05, 3.63) is 65.7 Å². The Kier molecular flexibility index (Phi) is 12.1. The first-order chi connectivity index (χ1) is 18.9. The number of carbonyl (C=O) groups is 5. The highest BCUT2D eigenvalue weighted by atomic mass is 16.4. The summed E-state index contributed by atoms with van der Waals surface area (Å²) in [6.45, 7) is 3.66. The number of amides is 3. The maximum Gasteiger partial charge on any atom is 0.326 e. The van der Waals surface area contributed by atoms with Crippen LogP contribution in [0.3, 0.4) is 0 Å². The molecule has 0 fully saturated rings. The number of benzene rings is 2. The number of carbonyl (C=O) groups excluding carboxylic acids is 3. The molecular formula is C28H36N4O8. The summed E-state index contributed by atoms with van der Waals surface area (Å²) in [5.41, 5.74) is 7.21. The number of nitrogens with one attached hydrogen (secondary N) is 3. The van der Waals surface area contributed by atoms with Crippen LogP contribution in [0.5, 0.6) is 5.75 Å². The predicted molar refractivity (Wildman–Crippen MR) is 145 cm³/mol. The Labute approximate surface area is 232 Å². The lowest BCUT2D eigenvalue weighted by molar-refractivity contribution is -0.143. The van der Waals surface area contributed by atoms with E-state index in [0.29, 0.717) is 17.5 Å². The average molecular weight is 557 g/mol. The summed E-state index contributed by atoms with van der Waals surface area (Å²) in [6, 6.07) is 9.26. The van der Waals surface area contributed by atoms with Crippen LogP contribution >= 0.6 is 0 Å². The number of phenols is 1. The normalized spacial score (nSPS) is 14.6. The van der Waals surface area contributed by atoms with Gasteiger partial charge in [-0.1, -0.05) is 62.7 Å². The Morgan fingerprint density at radius 2 is 1.25 bits per heavy atom. The molecule has 0 aliphatic carbocycles. The van der Waals surface area contributed by atoms with Crippen LogP contribution in [0.4, 0.5) is 0 Å². The molecule has 5 atom stereocenters. The average Bonchev–Trinajstić information content (AvgIpc) is 2.92. The van der Waals surface area contributed by atoms with Crippen molar-refractivity contribution in [3.63, 3.8) is 0 Å². The number of carboxylic acids is 2. The van der Waals surface area contributed by atoms with Gasteiger partial charge in [-0.15, -0.1) is 0 Å². The van der Waals surface area contributed by atoms with E-state index in [0.717, 1.165) is 0 Å². The molecule has 3 amide bonds.